The van der Waals surface area contributed by atoms with Crippen molar-refractivity contribution in [1.82, 2.24) is 15.2 Å². The van der Waals surface area contributed by atoms with Crippen molar-refractivity contribution in [2.24, 2.45) is 5.92 Å². The predicted octanol–water partition coefficient (Wildman–Crippen LogP) is 2.40. The van der Waals surface area contributed by atoms with Gasteiger partial charge in [-0.3, -0.25) is 4.79 Å². The molecule has 29 heavy (non-hydrogen) atoms. The Bertz CT molecular complexity index is 886. The second-order valence-corrected chi connectivity index (χ2v) is 8.71. The summed E-state index contributed by atoms with van der Waals surface area (Å²) in [5, 5.41) is 5.21. The van der Waals surface area contributed by atoms with Gasteiger partial charge in [-0.25, -0.2) is 0 Å². The molecule has 0 atom stereocenters. The summed E-state index contributed by atoms with van der Waals surface area (Å²) < 4.78 is 0. The molecule has 0 saturated heterocycles. The Morgan fingerprint density at radius 3 is 2.48 bits per heavy atom. The number of benzene rings is 1. The standard InChI is InChI=1S/C23H36N4OS/c1-7-26(8-2)11-12-27(23(29)24-14-16(3)4)15-19-13-20-17(5)9-10-18(6)21(20)25-22(19)28/h9-10,13,16H,7-8,11-12,14-15H2,1-6H3,(H,24,29)(H,25,28)/p+1. The lowest BCUT2D eigenvalue weighted by Crippen LogP contribution is -3.12. The number of pyridine rings is 1. The van der Waals surface area contributed by atoms with Gasteiger partial charge in [0.15, 0.2) is 5.11 Å². The number of likely N-dealkylation sites (N-methyl/N-ethyl adjacent to an activating group) is 1. The lowest BCUT2D eigenvalue weighted by atomic mass is 10.0. The molecule has 0 aliphatic heterocycles. The van der Waals surface area contributed by atoms with Gasteiger partial charge in [0.2, 0.25) is 0 Å². The van der Waals surface area contributed by atoms with Gasteiger partial charge < -0.3 is 20.1 Å². The third-order valence-electron chi connectivity index (χ3n) is 5.57. The number of thiocarbonyl (C=S) groups is 1. The van der Waals surface area contributed by atoms with Gasteiger partial charge in [0.25, 0.3) is 5.56 Å². The van der Waals surface area contributed by atoms with Crippen molar-refractivity contribution < 1.29 is 4.90 Å². The minimum atomic E-state index is -0.0296. The van der Waals surface area contributed by atoms with E-state index in [1.165, 1.54) is 10.5 Å². The molecule has 3 N–H and O–H groups in total. The Morgan fingerprint density at radius 2 is 1.86 bits per heavy atom. The maximum Gasteiger partial charge on any atom is 0.253 e. The van der Waals surface area contributed by atoms with Crippen molar-refractivity contribution in [3.63, 3.8) is 0 Å². The van der Waals surface area contributed by atoms with Gasteiger partial charge in [0.05, 0.1) is 38.2 Å². The number of aromatic amines is 1. The van der Waals surface area contributed by atoms with E-state index in [2.05, 4.69) is 62.0 Å². The first-order chi connectivity index (χ1) is 13.8. The van der Waals surface area contributed by atoms with Gasteiger partial charge in [-0.2, -0.15) is 0 Å². The second-order valence-electron chi connectivity index (χ2n) is 8.32. The third-order valence-corrected chi connectivity index (χ3v) is 5.97. The summed E-state index contributed by atoms with van der Waals surface area (Å²) in [5.41, 5.74) is 3.92. The topological polar surface area (TPSA) is 52.6 Å². The van der Waals surface area contributed by atoms with Gasteiger partial charge in [-0.05, 0) is 63.0 Å². The van der Waals surface area contributed by atoms with E-state index in [0.717, 1.165) is 59.9 Å². The molecule has 0 fully saturated rings. The fraction of sp³-hybridized carbons (Fsp3) is 0.565. The zero-order chi connectivity index (χ0) is 21.6. The highest BCUT2D eigenvalue weighted by atomic mass is 32.1. The number of rotatable bonds is 9. The fourth-order valence-corrected chi connectivity index (χ4v) is 3.73. The molecule has 0 radical (unpaired) electrons. The molecule has 0 aliphatic rings. The van der Waals surface area contributed by atoms with Crippen LogP contribution in [0, 0.1) is 19.8 Å². The van der Waals surface area contributed by atoms with Crippen LogP contribution < -0.4 is 15.8 Å². The van der Waals surface area contributed by atoms with Crippen LogP contribution in [0.1, 0.15) is 44.4 Å². The highest BCUT2D eigenvalue weighted by Crippen LogP contribution is 2.20. The molecule has 0 amide bonds. The zero-order valence-corrected chi connectivity index (χ0v) is 19.6. The van der Waals surface area contributed by atoms with Crippen molar-refractivity contribution >= 4 is 28.2 Å². The summed E-state index contributed by atoms with van der Waals surface area (Å²) in [6.07, 6.45) is 0. The molecule has 2 rings (SSSR count). The third kappa shape index (κ3) is 6.28. The smallest absolute Gasteiger partial charge is 0.253 e. The van der Waals surface area contributed by atoms with Crippen LogP contribution in [0.15, 0.2) is 23.0 Å². The molecule has 0 saturated carbocycles. The number of aromatic nitrogens is 1. The lowest BCUT2D eigenvalue weighted by Gasteiger charge is -2.28. The molecule has 1 aromatic heterocycles. The normalized spacial score (nSPS) is 11.4. The van der Waals surface area contributed by atoms with E-state index >= 15 is 0 Å². The van der Waals surface area contributed by atoms with Gasteiger partial charge in [-0.1, -0.05) is 26.0 Å². The van der Waals surface area contributed by atoms with Crippen LogP contribution in [0.25, 0.3) is 10.9 Å². The molecule has 0 unspecified atom stereocenters. The van der Waals surface area contributed by atoms with E-state index in [4.69, 9.17) is 12.2 Å². The second kappa shape index (κ2) is 10.7. The summed E-state index contributed by atoms with van der Waals surface area (Å²) in [5.74, 6) is 0.512. The minimum Gasteiger partial charge on any atom is -0.362 e. The first-order valence-electron chi connectivity index (χ1n) is 10.7. The predicted molar refractivity (Wildman–Crippen MR) is 127 cm³/mol. The average molecular weight is 418 g/mol. The molecular formula is C23H37N4OS+. The summed E-state index contributed by atoms with van der Waals surface area (Å²) in [6, 6.07) is 6.20. The van der Waals surface area contributed by atoms with Crippen LogP contribution in [0.5, 0.6) is 0 Å². The van der Waals surface area contributed by atoms with Crippen LogP contribution in [-0.4, -0.2) is 47.7 Å². The zero-order valence-electron chi connectivity index (χ0n) is 18.8. The van der Waals surface area contributed by atoms with Crippen molar-refractivity contribution in [3.05, 3.63) is 45.2 Å². The van der Waals surface area contributed by atoms with Crippen LogP contribution in [0.2, 0.25) is 0 Å². The number of hydrogen-bond acceptors (Lipinski definition) is 2. The van der Waals surface area contributed by atoms with Crippen LogP contribution in [0.3, 0.4) is 0 Å². The summed E-state index contributed by atoms with van der Waals surface area (Å²) >= 11 is 5.70. The van der Waals surface area contributed by atoms with Crippen LogP contribution in [0.4, 0.5) is 0 Å². The van der Waals surface area contributed by atoms with Gasteiger partial charge in [0.1, 0.15) is 0 Å². The highest BCUT2D eigenvalue weighted by Gasteiger charge is 2.16. The number of fused-ring (bicyclic) bond motifs is 1. The van der Waals surface area contributed by atoms with E-state index in [0.29, 0.717) is 12.5 Å². The van der Waals surface area contributed by atoms with Gasteiger partial charge >= 0.3 is 0 Å². The number of hydrogen-bond donors (Lipinski definition) is 3. The summed E-state index contributed by atoms with van der Waals surface area (Å²) in [6.45, 7) is 18.2. The van der Waals surface area contributed by atoms with E-state index in [1.54, 1.807) is 0 Å². The quantitative estimate of drug-likeness (QED) is 0.549. The molecule has 1 aromatic carbocycles. The number of H-pyrrole nitrogens is 1. The van der Waals surface area contributed by atoms with Crippen molar-refractivity contribution in [1.29, 1.82) is 0 Å². The van der Waals surface area contributed by atoms with Crippen molar-refractivity contribution in [2.45, 2.75) is 48.1 Å². The summed E-state index contributed by atoms with van der Waals surface area (Å²) in [4.78, 5) is 19.6. The Balaban J connectivity index is 2.31. The van der Waals surface area contributed by atoms with Crippen molar-refractivity contribution in [2.75, 3.05) is 32.7 Å². The van der Waals surface area contributed by atoms with Gasteiger partial charge in [0, 0.05) is 17.5 Å². The van der Waals surface area contributed by atoms with Crippen LogP contribution in [-0.2, 0) is 6.54 Å². The molecule has 6 heteroatoms. The number of quaternary nitrogens is 1. The maximum absolute atomic E-state index is 12.8. The Hall–Kier alpha value is -1.92. The first-order valence-corrected chi connectivity index (χ1v) is 11.2. The van der Waals surface area contributed by atoms with E-state index in [-0.39, 0.29) is 5.56 Å². The highest BCUT2D eigenvalue weighted by molar-refractivity contribution is 7.80. The largest absolute Gasteiger partial charge is 0.362 e. The monoisotopic (exact) mass is 417 g/mol. The molecular weight excluding hydrogens is 380 g/mol. The molecule has 0 spiro atoms. The molecule has 1 heterocycles. The molecule has 2 aromatic rings. The minimum absolute atomic E-state index is 0.0296. The Morgan fingerprint density at radius 1 is 1.21 bits per heavy atom. The Labute approximate surface area is 180 Å². The van der Waals surface area contributed by atoms with Crippen LogP contribution >= 0.6 is 12.2 Å². The van der Waals surface area contributed by atoms with E-state index in [9.17, 15) is 4.79 Å². The lowest BCUT2D eigenvalue weighted by molar-refractivity contribution is -0.895. The first kappa shape index (κ1) is 23.4. The molecule has 0 aliphatic carbocycles. The Kier molecular flexibility index (Phi) is 8.65. The maximum atomic E-state index is 12.8. The van der Waals surface area contributed by atoms with E-state index in [1.807, 2.05) is 13.0 Å². The van der Waals surface area contributed by atoms with E-state index < -0.39 is 0 Å². The molecule has 5 nitrogen and oxygen atoms in total. The van der Waals surface area contributed by atoms with Gasteiger partial charge in [-0.15, -0.1) is 0 Å². The number of nitrogens with one attached hydrogen (secondary N) is 3. The average Bonchev–Trinajstić information content (AvgIpc) is 2.69. The number of nitrogens with zero attached hydrogens (tertiary/aromatic N) is 1. The van der Waals surface area contributed by atoms with Crippen molar-refractivity contribution in [3.8, 4) is 0 Å². The fourth-order valence-electron chi connectivity index (χ4n) is 3.49. The SMILES string of the molecule is CC[NH+](CC)CCN(Cc1cc2c(C)ccc(C)c2[nH]c1=O)C(=S)NCC(C)C. The number of aryl methyl sites for hydroxylation is 2. The molecule has 160 valence electrons. The summed E-state index contributed by atoms with van der Waals surface area (Å²) in [7, 11) is 0. The molecule has 0 bridgehead atoms.